The fourth-order valence-corrected chi connectivity index (χ4v) is 4.64. The first kappa shape index (κ1) is 23.4. The minimum absolute atomic E-state index is 0.180. The lowest BCUT2D eigenvalue weighted by atomic mass is 9.84. The van der Waals surface area contributed by atoms with Crippen molar-refractivity contribution in [2.24, 2.45) is 17.8 Å². The molecule has 0 radical (unpaired) electrons. The van der Waals surface area contributed by atoms with Crippen molar-refractivity contribution in [3.63, 3.8) is 0 Å². The molecule has 0 saturated carbocycles. The zero-order valence-electron chi connectivity index (χ0n) is 18.1. The van der Waals surface area contributed by atoms with E-state index in [0.29, 0.717) is 23.3 Å². The van der Waals surface area contributed by atoms with E-state index in [1.807, 2.05) is 12.1 Å². The molecule has 0 bridgehead atoms. The summed E-state index contributed by atoms with van der Waals surface area (Å²) in [5, 5.41) is 0. The van der Waals surface area contributed by atoms with Crippen molar-refractivity contribution in [3.05, 3.63) is 54.1 Å². The highest BCUT2D eigenvalue weighted by atomic mass is 32.2. The molecule has 0 spiro atoms. The maximum Gasteiger partial charge on any atom is 0.294 e. The Morgan fingerprint density at radius 1 is 0.828 bits per heavy atom. The molecule has 0 aromatic heterocycles. The van der Waals surface area contributed by atoms with Gasteiger partial charge in [-0.2, -0.15) is 8.42 Å². The quantitative estimate of drug-likeness (QED) is 0.425. The van der Waals surface area contributed by atoms with Gasteiger partial charge in [-0.3, -0.25) is 4.55 Å². The molecule has 2 aromatic rings. The number of hydrogen-bond donors (Lipinski definition) is 1. The molecule has 0 amide bonds. The van der Waals surface area contributed by atoms with E-state index in [4.69, 9.17) is 9.29 Å². The van der Waals surface area contributed by atoms with E-state index < -0.39 is 10.1 Å². The van der Waals surface area contributed by atoms with Crippen LogP contribution in [0.2, 0.25) is 0 Å². The topological polar surface area (TPSA) is 63.6 Å². The standard InChI is InChI=1S/C24H34O4S/c1-17(2)13-18(3)14-19(4)15-20(5)21-9-11-22(12-10-21)28-23-7-6-8-24(16-23)29(25,26)27/h6-12,16-20H,13-15H2,1-5H3,(H,25,26,27). The Labute approximate surface area is 176 Å². The molecular weight excluding hydrogens is 384 g/mol. The third-order valence-corrected chi connectivity index (χ3v) is 6.07. The molecule has 1 N–H and O–H groups in total. The second-order valence-corrected chi connectivity index (χ2v) is 10.3. The summed E-state index contributed by atoms with van der Waals surface area (Å²) in [7, 11) is -4.24. The van der Waals surface area contributed by atoms with Crippen LogP contribution in [0.15, 0.2) is 53.4 Å². The number of benzene rings is 2. The minimum atomic E-state index is -4.24. The van der Waals surface area contributed by atoms with Gasteiger partial charge in [-0.05, 0) is 72.8 Å². The van der Waals surface area contributed by atoms with E-state index in [9.17, 15) is 8.42 Å². The van der Waals surface area contributed by atoms with Gasteiger partial charge in [0, 0.05) is 6.07 Å². The lowest BCUT2D eigenvalue weighted by Crippen LogP contribution is -2.09. The SMILES string of the molecule is CC(C)CC(C)CC(C)CC(C)c1ccc(Oc2cccc(S(=O)(=O)O)c2)cc1. The number of rotatable bonds is 10. The summed E-state index contributed by atoms with van der Waals surface area (Å²) in [5.41, 5.74) is 1.27. The van der Waals surface area contributed by atoms with Gasteiger partial charge >= 0.3 is 0 Å². The van der Waals surface area contributed by atoms with Crippen molar-refractivity contribution in [2.75, 3.05) is 0 Å². The third-order valence-electron chi connectivity index (χ3n) is 5.22. The zero-order chi connectivity index (χ0) is 21.6. The molecule has 5 heteroatoms. The van der Waals surface area contributed by atoms with E-state index in [0.717, 1.165) is 18.3 Å². The monoisotopic (exact) mass is 418 g/mol. The highest BCUT2D eigenvalue weighted by Gasteiger charge is 2.15. The first-order valence-corrected chi connectivity index (χ1v) is 11.8. The second-order valence-electron chi connectivity index (χ2n) is 8.83. The largest absolute Gasteiger partial charge is 0.457 e. The fourth-order valence-electron chi connectivity index (χ4n) is 4.12. The van der Waals surface area contributed by atoms with Crippen molar-refractivity contribution >= 4 is 10.1 Å². The van der Waals surface area contributed by atoms with Gasteiger partial charge in [0.05, 0.1) is 4.90 Å². The summed E-state index contributed by atoms with van der Waals surface area (Å²) in [6.45, 7) is 11.5. The van der Waals surface area contributed by atoms with Gasteiger partial charge in [0.15, 0.2) is 0 Å². The molecule has 29 heavy (non-hydrogen) atoms. The minimum Gasteiger partial charge on any atom is -0.457 e. The Bertz CT molecular complexity index is 872. The Hall–Kier alpha value is -1.85. The van der Waals surface area contributed by atoms with Gasteiger partial charge in [0.1, 0.15) is 11.5 Å². The molecule has 160 valence electrons. The van der Waals surface area contributed by atoms with Gasteiger partial charge in [-0.25, -0.2) is 0 Å². The first-order valence-electron chi connectivity index (χ1n) is 10.4. The summed E-state index contributed by atoms with van der Waals surface area (Å²) in [6.07, 6.45) is 3.69. The van der Waals surface area contributed by atoms with Crippen LogP contribution < -0.4 is 4.74 Å². The molecule has 4 nitrogen and oxygen atoms in total. The fraction of sp³-hybridized carbons (Fsp3) is 0.500. The van der Waals surface area contributed by atoms with Crippen molar-refractivity contribution in [1.82, 2.24) is 0 Å². The van der Waals surface area contributed by atoms with Crippen LogP contribution >= 0.6 is 0 Å². The van der Waals surface area contributed by atoms with E-state index in [2.05, 4.69) is 46.8 Å². The summed E-state index contributed by atoms with van der Waals surface area (Å²) >= 11 is 0. The molecule has 0 aliphatic carbocycles. The van der Waals surface area contributed by atoms with Crippen LogP contribution in [0.4, 0.5) is 0 Å². The zero-order valence-corrected chi connectivity index (χ0v) is 18.9. The Morgan fingerprint density at radius 3 is 2.03 bits per heavy atom. The third kappa shape index (κ3) is 7.82. The first-order chi connectivity index (χ1) is 13.5. The van der Waals surface area contributed by atoms with Crippen molar-refractivity contribution in [2.45, 2.75) is 64.7 Å². The highest BCUT2D eigenvalue weighted by molar-refractivity contribution is 7.85. The summed E-state index contributed by atoms with van der Waals surface area (Å²) in [4.78, 5) is -0.180. The molecule has 2 rings (SSSR count). The average molecular weight is 419 g/mol. The number of ether oxygens (including phenoxy) is 1. The molecule has 3 atom stereocenters. The Balaban J connectivity index is 1.96. The molecule has 2 aromatic carbocycles. The summed E-state index contributed by atoms with van der Waals surface area (Å²) in [5.74, 6) is 3.65. The van der Waals surface area contributed by atoms with Crippen molar-refractivity contribution in [1.29, 1.82) is 0 Å². The van der Waals surface area contributed by atoms with Crippen LogP contribution in [0.3, 0.4) is 0 Å². The van der Waals surface area contributed by atoms with Crippen molar-refractivity contribution in [3.8, 4) is 11.5 Å². The van der Waals surface area contributed by atoms with Gasteiger partial charge in [0.25, 0.3) is 10.1 Å². The van der Waals surface area contributed by atoms with Crippen LogP contribution in [0.5, 0.6) is 11.5 Å². The Kier molecular flexibility index (Phi) is 8.29. The van der Waals surface area contributed by atoms with E-state index in [-0.39, 0.29) is 4.90 Å². The molecule has 0 aliphatic heterocycles. The molecule has 3 unspecified atom stereocenters. The maximum atomic E-state index is 11.3. The van der Waals surface area contributed by atoms with Crippen LogP contribution in [-0.2, 0) is 10.1 Å². The normalized spacial score (nSPS) is 15.1. The van der Waals surface area contributed by atoms with E-state index in [1.54, 1.807) is 6.07 Å². The van der Waals surface area contributed by atoms with E-state index >= 15 is 0 Å². The van der Waals surface area contributed by atoms with Crippen molar-refractivity contribution < 1.29 is 17.7 Å². The van der Waals surface area contributed by atoms with Gasteiger partial charge in [0.2, 0.25) is 0 Å². The Morgan fingerprint density at radius 2 is 1.45 bits per heavy atom. The predicted octanol–water partition coefficient (Wildman–Crippen LogP) is 6.93. The summed E-state index contributed by atoms with van der Waals surface area (Å²) < 4.78 is 37.4. The lowest BCUT2D eigenvalue weighted by molar-refractivity contribution is 0.333. The average Bonchev–Trinajstić information content (AvgIpc) is 2.60. The second kappa shape index (κ2) is 10.3. The van der Waals surface area contributed by atoms with Crippen LogP contribution in [-0.4, -0.2) is 13.0 Å². The summed E-state index contributed by atoms with van der Waals surface area (Å²) in [6, 6.07) is 13.8. The van der Waals surface area contributed by atoms with Gasteiger partial charge in [-0.15, -0.1) is 0 Å². The van der Waals surface area contributed by atoms with Crippen LogP contribution in [0.25, 0.3) is 0 Å². The number of hydrogen-bond acceptors (Lipinski definition) is 3. The maximum absolute atomic E-state index is 11.3. The molecule has 0 saturated heterocycles. The molecular formula is C24H34O4S. The predicted molar refractivity (Wildman–Crippen MR) is 118 cm³/mol. The highest BCUT2D eigenvalue weighted by Crippen LogP contribution is 2.30. The molecule has 0 aliphatic rings. The van der Waals surface area contributed by atoms with Gasteiger partial charge < -0.3 is 4.74 Å². The molecule has 0 fully saturated rings. The lowest BCUT2D eigenvalue weighted by Gasteiger charge is -2.22. The molecule has 0 heterocycles. The smallest absolute Gasteiger partial charge is 0.294 e. The van der Waals surface area contributed by atoms with E-state index in [1.165, 1.54) is 36.6 Å². The van der Waals surface area contributed by atoms with Crippen LogP contribution in [0, 0.1) is 17.8 Å². The van der Waals surface area contributed by atoms with Crippen LogP contribution in [0.1, 0.15) is 65.4 Å². The van der Waals surface area contributed by atoms with Gasteiger partial charge in [-0.1, -0.05) is 52.8 Å².